The average Bonchev–Trinajstić information content (AvgIpc) is 2.59. The van der Waals surface area contributed by atoms with E-state index in [2.05, 4.69) is 20.8 Å². The van der Waals surface area contributed by atoms with E-state index in [4.69, 9.17) is 0 Å². The van der Waals surface area contributed by atoms with Crippen molar-refractivity contribution in [2.24, 2.45) is 0 Å². The summed E-state index contributed by atoms with van der Waals surface area (Å²) >= 11 is 0. The van der Waals surface area contributed by atoms with Gasteiger partial charge in [0.25, 0.3) is 5.91 Å². The molecule has 7 heteroatoms. The van der Waals surface area contributed by atoms with Crippen LogP contribution in [0.1, 0.15) is 10.4 Å². The number of halogens is 2. The number of carbonyl (C=O) groups excluding carboxylic acids is 1. The summed E-state index contributed by atoms with van der Waals surface area (Å²) in [7, 11) is 0. The van der Waals surface area contributed by atoms with Gasteiger partial charge in [-0.2, -0.15) is 0 Å². The van der Waals surface area contributed by atoms with Gasteiger partial charge in [-0.25, -0.2) is 8.78 Å². The first kappa shape index (κ1) is 15.5. The van der Waals surface area contributed by atoms with E-state index in [1.807, 2.05) is 0 Å². The molecule has 24 heavy (non-hydrogen) atoms. The molecule has 3 aromatic rings. The molecular weight excluding hydrogens is 314 g/mol. The summed E-state index contributed by atoms with van der Waals surface area (Å²) in [5, 5.41) is 13.3. The topological polar surface area (TPSA) is 66.9 Å². The first-order valence-corrected chi connectivity index (χ1v) is 7.03. The highest BCUT2D eigenvalue weighted by Gasteiger charge is 2.08. The first-order valence-electron chi connectivity index (χ1n) is 7.03. The van der Waals surface area contributed by atoms with Gasteiger partial charge in [0, 0.05) is 11.3 Å². The number of anilines is 3. The van der Waals surface area contributed by atoms with E-state index >= 15 is 0 Å². The Morgan fingerprint density at radius 3 is 2.21 bits per heavy atom. The molecule has 0 aliphatic heterocycles. The van der Waals surface area contributed by atoms with Crippen LogP contribution in [0, 0.1) is 11.6 Å². The number of amides is 1. The lowest BCUT2D eigenvalue weighted by Crippen LogP contribution is -2.13. The van der Waals surface area contributed by atoms with Crippen LogP contribution in [0.15, 0.2) is 60.7 Å². The maximum atomic E-state index is 13.1. The van der Waals surface area contributed by atoms with Crippen molar-refractivity contribution in [3.8, 4) is 0 Å². The maximum absolute atomic E-state index is 13.1. The van der Waals surface area contributed by atoms with Crippen molar-refractivity contribution in [3.63, 3.8) is 0 Å². The van der Waals surface area contributed by atoms with Gasteiger partial charge in [-0.3, -0.25) is 4.79 Å². The van der Waals surface area contributed by atoms with Crippen molar-refractivity contribution in [1.29, 1.82) is 0 Å². The molecule has 5 nitrogen and oxygen atoms in total. The lowest BCUT2D eigenvalue weighted by atomic mass is 10.2. The van der Waals surface area contributed by atoms with Crippen molar-refractivity contribution in [1.82, 2.24) is 10.2 Å². The van der Waals surface area contributed by atoms with Crippen LogP contribution >= 0.6 is 0 Å². The molecule has 1 amide bonds. The standard InChI is InChI=1S/C17H12F2N4O/c18-12-4-6-14(7-5-12)20-15-8-9-16(23-22-15)21-17(24)11-2-1-3-13(19)10-11/h1-10H,(H,20,22)(H,21,23,24). The number of hydrogen-bond donors (Lipinski definition) is 2. The zero-order valence-electron chi connectivity index (χ0n) is 12.3. The molecule has 0 saturated carbocycles. The highest BCUT2D eigenvalue weighted by molar-refractivity contribution is 6.03. The lowest BCUT2D eigenvalue weighted by Gasteiger charge is -2.07. The van der Waals surface area contributed by atoms with E-state index in [0.29, 0.717) is 11.5 Å². The number of rotatable bonds is 4. The van der Waals surface area contributed by atoms with Gasteiger partial charge in [-0.15, -0.1) is 10.2 Å². The predicted octanol–water partition coefficient (Wildman–Crippen LogP) is 3.75. The SMILES string of the molecule is O=C(Nc1ccc(Nc2ccc(F)cc2)nn1)c1cccc(F)c1. The number of benzene rings is 2. The molecular formula is C17H12F2N4O. The van der Waals surface area contributed by atoms with Crippen LogP contribution < -0.4 is 10.6 Å². The Morgan fingerprint density at radius 1 is 0.833 bits per heavy atom. The second kappa shape index (κ2) is 6.82. The van der Waals surface area contributed by atoms with Crippen LogP contribution in [-0.4, -0.2) is 16.1 Å². The Morgan fingerprint density at radius 2 is 1.54 bits per heavy atom. The number of nitrogens with one attached hydrogen (secondary N) is 2. The minimum absolute atomic E-state index is 0.185. The summed E-state index contributed by atoms with van der Waals surface area (Å²) in [5.41, 5.74) is 0.840. The molecule has 0 atom stereocenters. The number of nitrogens with zero attached hydrogens (tertiary/aromatic N) is 2. The fourth-order valence-electron chi connectivity index (χ4n) is 1.96. The Bertz CT molecular complexity index is 851. The van der Waals surface area contributed by atoms with Crippen molar-refractivity contribution < 1.29 is 13.6 Å². The number of aromatic nitrogens is 2. The molecule has 1 heterocycles. The quantitative estimate of drug-likeness (QED) is 0.766. The summed E-state index contributed by atoms with van der Waals surface area (Å²) < 4.78 is 26.0. The van der Waals surface area contributed by atoms with E-state index in [1.54, 1.807) is 24.3 Å². The summed E-state index contributed by atoms with van der Waals surface area (Å²) in [6.45, 7) is 0. The fraction of sp³-hybridized carbons (Fsp3) is 0. The molecule has 0 unspecified atom stereocenters. The third-order valence-electron chi connectivity index (χ3n) is 3.11. The van der Waals surface area contributed by atoms with Gasteiger partial charge < -0.3 is 10.6 Å². The molecule has 0 fully saturated rings. The Kier molecular flexibility index (Phi) is 4.42. The van der Waals surface area contributed by atoms with Crippen molar-refractivity contribution >= 4 is 23.2 Å². The highest BCUT2D eigenvalue weighted by atomic mass is 19.1. The zero-order valence-corrected chi connectivity index (χ0v) is 12.3. The Labute approximate surface area is 136 Å². The van der Waals surface area contributed by atoms with E-state index in [0.717, 1.165) is 6.07 Å². The molecule has 0 saturated heterocycles. The van der Waals surface area contributed by atoms with Gasteiger partial charge in [0.1, 0.15) is 11.6 Å². The molecule has 2 aromatic carbocycles. The van der Waals surface area contributed by atoms with Crippen LogP contribution in [0.3, 0.4) is 0 Å². The van der Waals surface area contributed by atoms with E-state index < -0.39 is 11.7 Å². The summed E-state index contributed by atoms with van der Waals surface area (Å²) in [5.74, 6) is -0.642. The minimum atomic E-state index is -0.493. The van der Waals surface area contributed by atoms with Crippen molar-refractivity contribution in [2.75, 3.05) is 10.6 Å². The van der Waals surface area contributed by atoms with Gasteiger partial charge in [0.2, 0.25) is 0 Å². The van der Waals surface area contributed by atoms with E-state index in [1.165, 1.54) is 30.3 Å². The van der Waals surface area contributed by atoms with Gasteiger partial charge in [-0.1, -0.05) is 6.07 Å². The molecule has 0 aliphatic rings. The van der Waals surface area contributed by atoms with Gasteiger partial charge in [-0.05, 0) is 54.6 Å². The number of hydrogen-bond acceptors (Lipinski definition) is 4. The number of carbonyl (C=O) groups is 1. The minimum Gasteiger partial charge on any atom is -0.339 e. The van der Waals surface area contributed by atoms with Crippen LogP contribution in [0.5, 0.6) is 0 Å². The van der Waals surface area contributed by atoms with Gasteiger partial charge in [0.15, 0.2) is 11.6 Å². The first-order chi connectivity index (χ1) is 11.6. The Hall–Kier alpha value is -3.35. The van der Waals surface area contributed by atoms with Crippen LogP contribution in [-0.2, 0) is 0 Å². The lowest BCUT2D eigenvalue weighted by molar-refractivity contribution is 0.102. The summed E-state index contributed by atoms with van der Waals surface area (Å²) in [4.78, 5) is 12.0. The molecule has 0 radical (unpaired) electrons. The fourth-order valence-corrected chi connectivity index (χ4v) is 1.96. The Balaban J connectivity index is 1.66. The van der Waals surface area contributed by atoms with Crippen LogP contribution in [0.25, 0.3) is 0 Å². The molecule has 0 bridgehead atoms. The van der Waals surface area contributed by atoms with Crippen molar-refractivity contribution in [3.05, 3.63) is 77.9 Å². The molecule has 0 aliphatic carbocycles. The largest absolute Gasteiger partial charge is 0.339 e. The smallest absolute Gasteiger partial charge is 0.256 e. The normalized spacial score (nSPS) is 10.2. The molecule has 0 spiro atoms. The highest BCUT2D eigenvalue weighted by Crippen LogP contribution is 2.15. The summed E-state index contributed by atoms with van der Waals surface area (Å²) in [6.07, 6.45) is 0. The third-order valence-corrected chi connectivity index (χ3v) is 3.11. The van der Waals surface area contributed by atoms with Gasteiger partial charge >= 0.3 is 0 Å². The van der Waals surface area contributed by atoms with Crippen molar-refractivity contribution in [2.45, 2.75) is 0 Å². The third kappa shape index (κ3) is 3.89. The van der Waals surface area contributed by atoms with Crippen LogP contribution in [0.4, 0.5) is 26.1 Å². The molecule has 3 rings (SSSR count). The zero-order chi connectivity index (χ0) is 16.9. The van der Waals surface area contributed by atoms with E-state index in [-0.39, 0.29) is 17.2 Å². The van der Waals surface area contributed by atoms with Gasteiger partial charge in [0.05, 0.1) is 0 Å². The maximum Gasteiger partial charge on any atom is 0.256 e. The van der Waals surface area contributed by atoms with E-state index in [9.17, 15) is 13.6 Å². The predicted molar refractivity (Wildman–Crippen MR) is 86.1 cm³/mol. The monoisotopic (exact) mass is 326 g/mol. The molecule has 1 aromatic heterocycles. The second-order valence-corrected chi connectivity index (χ2v) is 4.90. The average molecular weight is 326 g/mol. The second-order valence-electron chi connectivity index (χ2n) is 4.90. The molecule has 120 valence electrons. The summed E-state index contributed by atoms with van der Waals surface area (Å²) in [6, 6.07) is 14.3. The van der Waals surface area contributed by atoms with Crippen LogP contribution in [0.2, 0.25) is 0 Å². The molecule has 2 N–H and O–H groups in total.